The van der Waals surface area contributed by atoms with Crippen molar-refractivity contribution in [2.24, 2.45) is 0 Å². The second-order valence-electron chi connectivity index (χ2n) is 7.65. The van der Waals surface area contributed by atoms with Crippen LogP contribution in [-0.4, -0.2) is 56.1 Å². The molecule has 1 aliphatic rings. The summed E-state index contributed by atoms with van der Waals surface area (Å²) < 4.78 is 5.43. The average Bonchev–Trinajstić information content (AvgIpc) is 2.79. The molecule has 1 fully saturated rings. The van der Waals surface area contributed by atoms with Crippen molar-refractivity contribution in [1.82, 2.24) is 4.90 Å². The van der Waals surface area contributed by atoms with Crippen molar-refractivity contribution in [3.8, 4) is 0 Å². The molecule has 1 heterocycles. The molecule has 1 aliphatic heterocycles. The fourth-order valence-corrected chi connectivity index (χ4v) is 4.13. The van der Waals surface area contributed by atoms with Crippen molar-refractivity contribution >= 4 is 11.5 Å². The lowest BCUT2D eigenvalue weighted by Crippen LogP contribution is -2.41. The molecule has 0 bridgehead atoms. The number of Topliss-reactive ketones (excluding diaryl/α,β-unsaturated/α-hetero) is 1. The summed E-state index contributed by atoms with van der Waals surface area (Å²) in [6.45, 7) is 9.47. The fraction of sp³-hybridized carbons (Fsp3) is 0.480. The van der Waals surface area contributed by atoms with Crippen LogP contribution in [0.5, 0.6) is 0 Å². The molecule has 1 saturated heterocycles. The standard InChI is InChI=1S/C25H34N2O2/c1-3-24(26(4-2)16-8-11-21-9-6-5-7-10-21)25(28)22-12-14-23(15-13-22)27-17-19-29-20-18-27/h5-7,9-10,12-15,24H,3-4,8,11,16-20H2,1-2H3. The minimum atomic E-state index is -0.0509. The van der Waals surface area contributed by atoms with E-state index >= 15 is 0 Å². The Morgan fingerprint density at radius 2 is 1.72 bits per heavy atom. The first-order chi connectivity index (χ1) is 14.2. The maximum atomic E-state index is 13.2. The lowest BCUT2D eigenvalue weighted by Gasteiger charge is -2.30. The van der Waals surface area contributed by atoms with Crippen LogP contribution < -0.4 is 4.90 Å². The highest BCUT2D eigenvalue weighted by atomic mass is 16.5. The maximum absolute atomic E-state index is 13.2. The number of nitrogens with zero attached hydrogens (tertiary/aromatic N) is 2. The predicted octanol–water partition coefficient (Wildman–Crippen LogP) is 4.44. The largest absolute Gasteiger partial charge is 0.378 e. The van der Waals surface area contributed by atoms with Gasteiger partial charge in [0.15, 0.2) is 5.78 Å². The topological polar surface area (TPSA) is 32.8 Å². The quantitative estimate of drug-likeness (QED) is 0.558. The third-order valence-electron chi connectivity index (χ3n) is 5.82. The zero-order valence-corrected chi connectivity index (χ0v) is 17.8. The van der Waals surface area contributed by atoms with Gasteiger partial charge in [-0.2, -0.15) is 0 Å². The molecule has 2 aromatic rings. The first kappa shape index (κ1) is 21.5. The van der Waals surface area contributed by atoms with Crippen LogP contribution in [0.25, 0.3) is 0 Å². The van der Waals surface area contributed by atoms with Crippen LogP contribution in [0.3, 0.4) is 0 Å². The van der Waals surface area contributed by atoms with Crippen LogP contribution in [0.1, 0.15) is 42.6 Å². The van der Waals surface area contributed by atoms with Gasteiger partial charge in [-0.25, -0.2) is 0 Å². The molecule has 0 aliphatic carbocycles. The van der Waals surface area contributed by atoms with Gasteiger partial charge in [0.25, 0.3) is 0 Å². The van der Waals surface area contributed by atoms with Crippen LogP contribution in [0.2, 0.25) is 0 Å². The molecule has 0 N–H and O–H groups in total. The van der Waals surface area contributed by atoms with E-state index in [1.807, 2.05) is 12.1 Å². The molecule has 0 radical (unpaired) electrons. The molecule has 1 atom stereocenters. The van der Waals surface area contributed by atoms with Gasteiger partial charge in [-0.05, 0) is 62.2 Å². The maximum Gasteiger partial charge on any atom is 0.179 e. The van der Waals surface area contributed by atoms with Gasteiger partial charge in [0.2, 0.25) is 0 Å². The molecule has 1 unspecified atom stereocenters. The Kier molecular flexibility index (Phi) is 8.26. The van der Waals surface area contributed by atoms with E-state index in [2.05, 4.69) is 66.1 Å². The van der Waals surface area contributed by atoms with Gasteiger partial charge in [-0.1, -0.05) is 44.2 Å². The summed E-state index contributed by atoms with van der Waals surface area (Å²) in [5, 5.41) is 0. The summed E-state index contributed by atoms with van der Waals surface area (Å²) in [4.78, 5) is 17.9. The van der Waals surface area contributed by atoms with E-state index in [0.717, 1.165) is 64.2 Å². The third kappa shape index (κ3) is 5.91. The summed E-state index contributed by atoms with van der Waals surface area (Å²) >= 11 is 0. The van der Waals surface area contributed by atoms with Gasteiger partial charge >= 0.3 is 0 Å². The number of aryl methyl sites for hydroxylation is 1. The molecule has 0 aromatic heterocycles. The SMILES string of the molecule is CCC(C(=O)c1ccc(N2CCOCC2)cc1)N(CC)CCCc1ccccc1. The van der Waals surface area contributed by atoms with E-state index in [9.17, 15) is 4.79 Å². The first-order valence-electron chi connectivity index (χ1n) is 11.0. The molecule has 4 nitrogen and oxygen atoms in total. The zero-order valence-electron chi connectivity index (χ0n) is 17.8. The minimum absolute atomic E-state index is 0.0509. The normalized spacial score (nSPS) is 15.5. The Morgan fingerprint density at radius 1 is 1.03 bits per heavy atom. The number of ketones is 1. The van der Waals surface area contributed by atoms with Gasteiger partial charge in [0.05, 0.1) is 19.3 Å². The molecule has 2 aromatic carbocycles. The summed E-state index contributed by atoms with van der Waals surface area (Å²) in [5.41, 5.74) is 3.35. The van der Waals surface area contributed by atoms with Gasteiger partial charge in [-0.3, -0.25) is 9.69 Å². The number of anilines is 1. The van der Waals surface area contributed by atoms with Gasteiger partial charge in [0, 0.05) is 24.3 Å². The monoisotopic (exact) mass is 394 g/mol. The Bertz CT molecular complexity index is 739. The highest BCUT2D eigenvalue weighted by Gasteiger charge is 2.24. The van der Waals surface area contributed by atoms with Crippen LogP contribution >= 0.6 is 0 Å². The molecule has 156 valence electrons. The number of benzene rings is 2. The number of morpholine rings is 1. The molecular weight excluding hydrogens is 360 g/mol. The molecule has 4 heteroatoms. The highest BCUT2D eigenvalue weighted by Crippen LogP contribution is 2.19. The number of carbonyl (C=O) groups excluding carboxylic acids is 1. The van der Waals surface area contributed by atoms with Crippen molar-refractivity contribution in [3.63, 3.8) is 0 Å². The Labute approximate surface area is 175 Å². The number of hydrogen-bond acceptors (Lipinski definition) is 4. The van der Waals surface area contributed by atoms with E-state index < -0.39 is 0 Å². The van der Waals surface area contributed by atoms with E-state index in [-0.39, 0.29) is 11.8 Å². The number of carbonyl (C=O) groups is 1. The van der Waals surface area contributed by atoms with Crippen LogP contribution in [0, 0.1) is 0 Å². The summed E-state index contributed by atoms with van der Waals surface area (Å²) in [5.74, 6) is 0.239. The van der Waals surface area contributed by atoms with Crippen molar-refractivity contribution in [3.05, 3.63) is 65.7 Å². The van der Waals surface area contributed by atoms with E-state index in [1.54, 1.807) is 0 Å². The smallest absolute Gasteiger partial charge is 0.179 e. The predicted molar refractivity (Wildman–Crippen MR) is 120 cm³/mol. The molecular formula is C25H34N2O2. The minimum Gasteiger partial charge on any atom is -0.378 e. The van der Waals surface area contributed by atoms with Crippen molar-refractivity contribution in [1.29, 1.82) is 0 Å². The van der Waals surface area contributed by atoms with Crippen LogP contribution in [0.4, 0.5) is 5.69 Å². The van der Waals surface area contributed by atoms with Crippen molar-refractivity contribution in [2.45, 2.75) is 39.2 Å². The van der Waals surface area contributed by atoms with Gasteiger partial charge < -0.3 is 9.64 Å². The molecule has 29 heavy (non-hydrogen) atoms. The average molecular weight is 395 g/mol. The fourth-order valence-electron chi connectivity index (χ4n) is 4.13. The second-order valence-corrected chi connectivity index (χ2v) is 7.65. The highest BCUT2D eigenvalue weighted by molar-refractivity contribution is 6.00. The van der Waals surface area contributed by atoms with Gasteiger partial charge in [0.1, 0.15) is 0 Å². The first-order valence-corrected chi connectivity index (χ1v) is 11.0. The van der Waals surface area contributed by atoms with Crippen LogP contribution in [0.15, 0.2) is 54.6 Å². The molecule has 0 amide bonds. The second kappa shape index (κ2) is 11.1. The summed E-state index contributed by atoms with van der Waals surface area (Å²) in [7, 11) is 0. The zero-order chi connectivity index (χ0) is 20.5. The number of likely N-dealkylation sites (N-methyl/N-ethyl adjacent to an activating group) is 1. The van der Waals surface area contributed by atoms with Crippen LogP contribution in [-0.2, 0) is 11.2 Å². The Hall–Kier alpha value is -2.17. The number of ether oxygens (including phenoxy) is 1. The number of rotatable bonds is 10. The molecule has 0 saturated carbocycles. The lowest BCUT2D eigenvalue weighted by atomic mass is 9.99. The number of hydrogen-bond donors (Lipinski definition) is 0. The van der Waals surface area contributed by atoms with Crippen molar-refractivity contribution in [2.75, 3.05) is 44.3 Å². The molecule has 0 spiro atoms. The van der Waals surface area contributed by atoms with Gasteiger partial charge in [-0.15, -0.1) is 0 Å². The summed E-state index contributed by atoms with van der Waals surface area (Å²) in [6, 6.07) is 18.7. The van der Waals surface area contributed by atoms with E-state index in [1.165, 1.54) is 11.3 Å². The van der Waals surface area contributed by atoms with E-state index in [4.69, 9.17) is 4.74 Å². The van der Waals surface area contributed by atoms with Crippen molar-refractivity contribution < 1.29 is 9.53 Å². The summed E-state index contributed by atoms with van der Waals surface area (Å²) in [6.07, 6.45) is 2.96. The molecule has 3 rings (SSSR count). The lowest BCUT2D eigenvalue weighted by molar-refractivity contribution is 0.0817. The third-order valence-corrected chi connectivity index (χ3v) is 5.82. The Balaban J connectivity index is 1.59. The van der Waals surface area contributed by atoms with E-state index in [0.29, 0.717) is 0 Å². The Morgan fingerprint density at radius 3 is 2.34 bits per heavy atom.